The van der Waals surface area contributed by atoms with E-state index >= 15 is 0 Å². The smallest absolute Gasteiger partial charge is 0.0639 e. The molecule has 2 aromatic carbocycles. The predicted octanol–water partition coefficient (Wildman–Crippen LogP) is 5.78. The fraction of sp³-hybridized carbons (Fsp3) is 0.143. The van der Waals surface area contributed by atoms with Gasteiger partial charge in [0.05, 0.1) is 10.7 Å². The maximum absolute atomic E-state index is 6.22. The zero-order chi connectivity index (χ0) is 14.2. The molecule has 0 saturated heterocycles. The normalized spacial score (nSPS) is 10.8. The number of hydrogen-bond acceptors (Lipinski definition) is 1. The van der Waals surface area contributed by atoms with Crippen molar-refractivity contribution in [2.75, 3.05) is 5.73 Å². The third-order valence-electron chi connectivity index (χ3n) is 2.87. The number of halogens is 4. The monoisotopic (exact) mass is 333 g/mol. The minimum Gasteiger partial charge on any atom is -0.397 e. The van der Waals surface area contributed by atoms with Crippen LogP contribution in [0.5, 0.6) is 0 Å². The first kappa shape index (κ1) is 14.8. The van der Waals surface area contributed by atoms with Crippen molar-refractivity contribution in [1.29, 1.82) is 0 Å². The zero-order valence-corrected chi connectivity index (χ0v) is 13.1. The highest BCUT2D eigenvalue weighted by Gasteiger charge is 2.10. The highest BCUT2D eigenvalue weighted by Crippen LogP contribution is 2.32. The second-order valence-electron chi connectivity index (χ2n) is 4.33. The van der Waals surface area contributed by atoms with E-state index in [0.717, 1.165) is 16.7 Å². The van der Waals surface area contributed by atoms with Crippen LogP contribution in [0.1, 0.15) is 16.7 Å². The van der Waals surface area contributed by atoms with Crippen LogP contribution in [-0.2, 0) is 6.42 Å². The van der Waals surface area contributed by atoms with Gasteiger partial charge in [0, 0.05) is 21.5 Å². The molecule has 0 bridgehead atoms. The van der Waals surface area contributed by atoms with E-state index in [0.29, 0.717) is 32.2 Å². The van der Waals surface area contributed by atoms with Gasteiger partial charge in [-0.2, -0.15) is 0 Å². The van der Waals surface area contributed by atoms with Gasteiger partial charge in [-0.25, -0.2) is 0 Å². The number of nitrogen functional groups attached to an aromatic ring is 1. The summed E-state index contributed by atoms with van der Waals surface area (Å²) in [7, 11) is 0. The van der Waals surface area contributed by atoms with E-state index in [2.05, 4.69) is 0 Å². The average molecular weight is 335 g/mol. The molecule has 0 aliphatic carbocycles. The molecule has 0 aromatic heterocycles. The molecule has 19 heavy (non-hydrogen) atoms. The molecular formula is C14H11Cl4N. The summed E-state index contributed by atoms with van der Waals surface area (Å²) < 4.78 is 0. The fourth-order valence-corrected chi connectivity index (χ4v) is 2.66. The summed E-state index contributed by atoms with van der Waals surface area (Å²) in [6.45, 7) is 1.91. The summed E-state index contributed by atoms with van der Waals surface area (Å²) >= 11 is 24.5. The van der Waals surface area contributed by atoms with Crippen LogP contribution >= 0.6 is 46.4 Å². The Morgan fingerprint density at radius 1 is 0.789 bits per heavy atom. The first-order valence-corrected chi connectivity index (χ1v) is 7.07. The van der Waals surface area contributed by atoms with Gasteiger partial charge in [-0.15, -0.1) is 0 Å². The number of anilines is 1. The van der Waals surface area contributed by atoms with Crippen LogP contribution in [0.15, 0.2) is 24.3 Å². The molecule has 0 spiro atoms. The minimum atomic E-state index is 0.462. The van der Waals surface area contributed by atoms with Gasteiger partial charge in [-0.05, 0) is 47.9 Å². The van der Waals surface area contributed by atoms with Crippen LogP contribution in [0.25, 0.3) is 0 Å². The predicted molar refractivity (Wildman–Crippen MR) is 84.9 cm³/mol. The van der Waals surface area contributed by atoms with Gasteiger partial charge in [0.1, 0.15) is 0 Å². The van der Waals surface area contributed by atoms with E-state index in [9.17, 15) is 0 Å². The summed E-state index contributed by atoms with van der Waals surface area (Å²) in [5.41, 5.74) is 8.86. The van der Waals surface area contributed by atoms with Crippen molar-refractivity contribution in [1.82, 2.24) is 0 Å². The zero-order valence-electron chi connectivity index (χ0n) is 10.1. The maximum atomic E-state index is 6.22. The SMILES string of the molecule is Cc1cc(Cl)c(Cc2cc(Cl)c(N)cc2Cl)cc1Cl. The van der Waals surface area contributed by atoms with Crippen molar-refractivity contribution in [3.63, 3.8) is 0 Å². The lowest BCUT2D eigenvalue weighted by Crippen LogP contribution is -1.95. The molecule has 100 valence electrons. The Balaban J connectivity index is 2.42. The lowest BCUT2D eigenvalue weighted by atomic mass is 10.0. The van der Waals surface area contributed by atoms with Crippen molar-refractivity contribution < 1.29 is 0 Å². The largest absolute Gasteiger partial charge is 0.397 e. The molecule has 0 atom stereocenters. The molecule has 2 aromatic rings. The number of hydrogen-bond donors (Lipinski definition) is 1. The third kappa shape index (κ3) is 3.29. The van der Waals surface area contributed by atoms with Gasteiger partial charge in [-0.3, -0.25) is 0 Å². The number of nitrogens with two attached hydrogens (primary N) is 1. The van der Waals surface area contributed by atoms with Gasteiger partial charge >= 0.3 is 0 Å². The second kappa shape index (κ2) is 5.80. The maximum Gasteiger partial charge on any atom is 0.0639 e. The second-order valence-corrected chi connectivity index (χ2v) is 5.96. The highest BCUT2D eigenvalue weighted by atomic mass is 35.5. The summed E-state index contributed by atoms with van der Waals surface area (Å²) in [4.78, 5) is 0. The van der Waals surface area contributed by atoms with Crippen LogP contribution in [0.4, 0.5) is 5.69 Å². The van der Waals surface area contributed by atoms with Crippen LogP contribution in [0, 0.1) is 6.92 Å². The summed E-state index contributed by atoms with van der Waals surface area (Å²) in [5.74, 6) is 0. The van der Waals surface area contributed by atoms with Crippen LogP contribution in [-0.4, -0.2) is 0 Å². The Kier molecular flexibility index (Phi) is 4.52. The third-order valence-corrected chi connectivity index (χ3v) is 4.31. The van der Waals surface area contributed by atoms with Gasteiger partial charge in [0.15, 0.2) is 0 Å². The topological polar surface area (TPSA) is 26.0 Å². The quantitative estimate of drug-likeness (QED) is 0.692. The number of aryl methyl sites for hydroxylation is 1. The Hall–Kier alpha value is -0.600. The molecule has 0 aliphatic heterocycles. The summed E-state index contributed by atoms with van der Waals surface area (Å²) in [6.07, 6.45) is 0.553. The summed E-state index contributed by atoms with van der Waals surface area (Å²) in [6, 6.07) is 7.08. The van der Waals surface area contributed by atoms with Crippen LogP contribution < -0.4 is 5.73 Å². The Morgan fingerprint density at radius 2 is 1.32 bits per heavy atom. The first-order chi connectivity index (χ1) is 8.88. The summed E-state index contributed by atoms with van der Waals surface area (Å²) in [5, 5.41) is 2.38. The molecule has 1 nitrogen and oxygen atoms in total. The lowest BCUT2D eigenvalue weighted by molar-refractivity contribution is 1.19. The first-order valence-electron chi connectivity index (χ1n) is 5.56. The Morgan fingerprint density at radius 3 is 1.95 bits per heavy atom. The van der Waals surface area contributed by atoms with Gasteiger partial charge in [0.25, 0.3) is 0 Å². The molecule has 0 radical (unpaired) electrons. The molecule has 0 unspecified atom stereocenters. The lowest BCUT2D eigenvalue weighted by Gasteiger charge is -2.10. The van der Waals surface area contributed by atoms with E-state index in [1.807, 2.05) is 19.1 Å². The van der Waals surface area contributed by atoms with Crippen molar-refractivity contribution >= 4 is 52.1 Å². The van der Waals surface area contributed by atoms with Crippen LogP contribution in [0.3, 0.4) is 0 Å². The van der Waals surface area contributed by atoms with Crippen molar-refractivity contribution in [2.24, 2.45) is 0 Å². The minimum absolute atomic E-state index is 0.462. The van der Waals surface area contributed by atoms with Gasteiger partial charge in [-0.1, -0.05) is 46.4 Å². The molecule has 0 aliphatic rings. The number of benzene rings is 2. The van der Waals surface area contributed by atoms with Gasteiger partial charge < -0.3 is 5.73 Å². The molecule has 0 heterocycles. The van der Waals surface area contributed by atoms with E-state index < -0.39 is 0 Å². The highest BCUT2D eigenvalue weighted by molar-refractivity contribution is 6.36. The molecular weight excluding hydrogens is 324 g/mol. The van der Waals surface area contributed by atoms with Crippen LogP contribution in [0.2, 0.25) is 20.1 Å². The molecule has 0 saturated carbocycles. The van der Waals surface area contributed by atoms with Crippen molar-refractivity contribution in [3.05, 3.63) is 61.0 Å². The number of rotatable bonds is 2. The molecule has 5 heteroatoms. The van der Waals surface area contributed by atoms with E-state index in [1.54, 1.807) is 12.1 Å². The molecule has 2 rings (SSSR count). The van der Waals surface area contributed by atoms with Crippen molar-refractivity contribution in [3.8, 4) is 0 Å². The standard InChI is InChI=1S/C14H11Cl4N/c1-7-2-11(16)8(4-10(7)15)3-9-5-13(18)14(19)6-12(9)17/h2,4-6H,3,19H2,1H3. The van der Waals surface area contributed by atoms with E-state index in [1.165, 1.54) is 0 Å². The Bertz CT molecular complexity index is 582. The molecule has 0 fully saturated rings. The Labute approximate surface area is 132 Å². The van der Waals surface area contributed by atoms with Crippen molar-refractivity contribution in [2.45, 2.75) is 13.3 Å². The van der Waals surface area contributed by atoms with E-state index in [4.69, 9.17) is 52.1 Å². The van der Waals surface area contributed by atoms with E-state index in [-0.39, 0.29) is 0 Å². The molecule has 2 N–H and O–H groups in total. The average Bonchev–Trinajstić information content (AvgIpc) is 2.32. The van der Waals surface area contributed by atoms with Gasteiger partial charge in [0.2, 0.25) is 0 Å². The molecule has 0 amide bonds. The fourth-order valence-electron chi connectivity index (χ4n) is 1.77.